The number of para-hydroxylation sites is 1. The number of nitrogens with one attached hydrogen (secondary N) is 3. The fourth-order valence-corrected chi connectivity index (χ4v) is 3.99. The summed E-state index contributed by atoms with van der Waals surface area (Å²) in [5.74, 6) is 1.36. The largest absolute Gasteiger partial charge is 0.457 e. The molecule has 1 fully saturated rings. The Labute approximate surface area is 196 Å². The second kappa shape index (κ2) is 11.2. The molecule has 178 valence electrons. The molecule has 0 radical (unpaired) electrons. The van der Waals surface area contributed by atoms with Crippen LogP contribution in [-0.4, -0.2) is 37.2 Å². The summed E-state index contributed by atoms with van der Waals surface area (Å²) in [6.07, 6.45) is 3.88. The van der Waals surface area contributed by atoms with E-state index in [1.807, 2.05) is 75.4 Å². The molecule has 0 aromatic heterocycles. The molecule has 0 bridgehead atoms. The number of amides is 2. The van der Waals surface area contributed by atoms with Gasteiger partial charge in [-0.2, -0.15) is 0 Å². The molecule has 2 aromatic carbocycles. The minimum atomic E-state index is -0.519. The van der Waals surface area contributed by atoms with E-state index >= 15 is 0 Å². The first kappa shape index (κ1) is 24.6. The number of carbonyl (C=O) groups is 2. The van der Waals surface area contributed by atoms with Gasteiger partial charge < -0.3 is 25.4 Å². The Morgan fingerprint density at radius 2 is 1.55 bits per heavy atom. The molecular formula is C26H35N3O4. The maximum Gasteiger partial charge on any atom is 0.407 e. The highest BCUT2D eigenvalue weighted by molar-refractivity contribution is 5.92. The molecular weight excluding hydrogens is 418 g/mol. The van der Waals surface area contributed by atoms with Crippen LogP contribution < -0.4 is 20.7 Å². The van der Waals surface area contributed by atoms with Crippen molar-refractivity contribution in [1.82, 2.24) is 10.6 Å². The van der Waals surface area contributed by atoms with Crippen LogP contribution in [0, 0.1) is 5.41 Å². The molecule has 7 nitrogen and oxygen atoms in total. The molecule has 1 saturated carbocycles. The molecule has 0 saturated heterocycles. The van der Waals surface area contributed by atoms with Crippen LogP contribution in [0.25, 0.3) is 0 Å². The van der Waals surface area contributed by atoms with Gasteiger partial charge in [0.1, 0.15) is 17.1 Å². The molecule has 33 heavy (non-hydrogen) atoms. The van der Waals surface area contributed by atoms with Gasteiger partial charge >= 0.3 is 6.09 Å². The number of hydrogen-bond acceptors (Lipinski definition) is 5. The van der Waals surface area contributed by atoms with Gasteiger partial charge in [-0.3, -0.25) is 4.79 Å². The lowest BCUT2D eigenvalue weighted by molar-refractivity contribution is -0.115. The Morgan fingerprint density at radius 1 is 0.909 bits per heavy atom. The average molecular weight is 454 g/mol. The first-order valence-corrected chi connectivity index (χ1v) is 11.5. The van der Waals surface area contributed by atoms with E-state index < -0.39 is 11.7 Å². The molecule has 0 heterocycles. The summed E-state index contributed by atoms with van der Waals surface area (Å²) in [6, 6.07) is 16.8. The molecule has 2 amide bonds. The third-order valence-corrected chi connectivity index (χ3v) is 5.57. The highest BCUT2D eigenvalue weighted by atomic mass is 16.6. The first-order chi connectivity index (χ1) is 15.7. The minimum absolute atomic E-state index is 0.0480. The fraction of sp³-hybridized carbons (Fsp3) is 0.462. The normalized spacial score (nSPS) is 15.0. The van der Waals surface area contributed by atoms with E-state index in [1.54, 1.807) is 0 Å². The SMILES string of the molecule is CC(C)(C)OC(=O)NCC1(CNCC(=O)Nc2ccc(Oc3ccccc3)cc2)CCCC1. The van der Waals surface area contributed by atoms with Gasteiger partial charge in [-0.05, 0) is 70.0 Å². The van der Waals surface area contributed by atoms with Crippen molar-refractivity contribution in [2.24, 2.45) is 5.41 Å². The Kier molecular flexibility index (Phi) is 8.33. The molecule has 1 aliphatic rings. The van der Waals surface area contributed by atoms with Crippen molar-refractivity contribution in [1.29, 1.82) is 0 Å². The lowest BCUT2D eigenvalue weighted by atomic mass is 9.86. The van der Waals surface area contributed by atoms with Gasteiger partial charge in [0.25, 0.3) is 0 Å². The van der Waals surface area contributed by atoms with Gasteiger partial charge in [-0.15, -0.1) is 0 Å². The lowest BCUT2D eigenvalue weighted by Gasteiger charge is -2.30. The zero-order chi connectivity index (χ0) is 23.7. The predicted molar refractivity (Wildman–Crippen MR) is 130 cm³/mol. The molecule has 0 aliphatic heterocycles. The topological polar surface area (TPSA) is 88.7 Å². The Hall–Kier alpha value is -3.06. The number of alkyl carbamates (subject to hydrolysis) is 1. The Balaban J connectivity index is 1.42. The molecule has 7 heteroatoms. The van der Waals surface area contributed by atoms with Crippen molar-refractivity contribution < 1.29 is 19.1 Å². The zero-order valence-corrected chi connectivity index (χ0v) is 19.8. The van der Waals surface area contributed by atoms with E-state index in [4.69, 9.17) is 9.47 Å². The van der Waals surface area contributed by atoms with Crippen LogP contribution in [0.4, 0.5) is 10.5 Å². The molecule has 0 atom stereocenters. The molecule has 0 unspecified atom stereocenters. The minimum Gasteiger partial charge on any atom is -0.457 e. The number of carbonyl (C=O) groups excluding carboxylic acids is 2. The van der Waals surface area contributed by atoms with Crippen LogP contribution in [0.15, 0.2) is 54.6 Å². The average Bonchev–Trinajstić information content (AvgIpc) is 3.22. The standard InChI is InChI=1S/C26H35N3O4/c1-25(2,3)33-24(31)28-19-26(15-7-8-16-26)18-27-17-23(30)29-20-11-13-22(14-12-20)32-21-9-5-4-6-10-21/h4-6,9-14,27H,7-8,15-19H2,1-3H3,(H,28,31)(H,29,30). The highest BCUT2D eigenvalue weighted by Gasteiger charge is 2.34. The Morgan fingerprint density at radius 3 is 2.18 bits per heavy atom. The van der Waals surface area contributed by atoms with Crippen molar-refractivity contribution in [3.05, 3.63) is 54.6 Å². The van der Waals surface area contributed by atoms with Gasteiger partial charge in [-0.25, -0.2) is 4.79 Å². The summed E-state index contributed by atoms with van der Waals surface area (Å²) in [5.41, 5.74) is 0.146. The van der Waals surface area contributed by atoms with E-state index in [1.165, 1.54) is 0 Å². The number of hydrogen-bond donors (Lipinski definition) is 3. The smallest absolute Gasteiger partial charge is 0.407 e. The van der Waals surface area contributed by atoms with Crippen molar-refractivity contribution in [3.8, 4) is 11.5 Å². The third-order valence-electron chi connectivity index (χ3n) is 5.57. The number of anilines is 1. The van der Waals surface area contributed by atoms with Crippen molar-refractivity contribution in [3.63, 3.8) is 0 Å². The van der Waals surface area contributed by atoms with Crippen molar-refractivity contribution in [2.45, 2.75) is 52.1 Å². The number of ether oxygens (including phenoxy) is 2. The highest BCUT2D eigenvalue weighted by Crippen LogP contribution is 2.37. The molecule has 3 N–H and O–H groups in total. The molecule has 1 aliphatic carbocycles. The summed E-state index contributed by atoms with van der Waals surface area (Å²) in [6.45, 7) is 6.96. The van der Waals surface area contributed by atoms with Crippen LogP contribution in [0.1, 0.15) is 46.5 Å². The molecule has 3 rings (SSSR count). The van der Waals surface area contributed by atoms with Gasteiger partial charge in [0.15, 0.2) is 0 Å². The summed E-state index contributed by atoms with van der Waals surface area (Å²) >= 11 is 0. The Bertz CT molecular complexity index is 901. The zero-order valence-electron chi connectivity index (χ0n) is 19.8. The quantitative estimate of drug-likeness (QED) is 0.492. The summed E-state index contributed by atoms with van der Waals surface area (Å²) in [5, 5.41) is 9.08. The second-order valence-corrected chi connectivity index (χ2v) is 9.65. The maximum absolute atomic E-state index is 12.4. The van der Waals surface area contributed by atoms with Gasteiger partial charge in [0.2, 0.25) is 5.91 Å². The van der Waals surface area contributed by atoms with E-state index in [9.17, 15) is 9.59 Å². The lowest BCUT2D eigenvalue weighted by Crippen LogP contribution is -2.45. The molecule has 0 spiro atoms. The molecule has 2 aromatic rings. The van der Waals surface area contributed by atoms with Crippen LogP contribution in [0.5, 0.6) is 11.5 Å². The monoisotopic (exact) mass is 453 g/mol. The van der Waals surface area contributed by atoms with E-state index in [-0.39, 0.29) is 17.9 Å². The van der Waals surface area contributed by atoms with Crippen molar-refractivity contribution >= 4 is 17.7 Å². The van der Waals surface area contributed by atoms with Crippen LogP contribution >= 0.6 is 0 Å². The van der Waals surface area contributed by atoms with Crippen LogP contribution in [0.2, 0.25) is 0 Å². The van der Waals surface area contributed by atoms with Gasteiger partial charge in [0.05, 0.1) is 6.54 Å². The second-order valence-electron chi connectivity index (χ2n) is 9.65. The van der Waals surface area contributed by atoms with Crippen LogP contribution in [0.3, 0.4) is 0 Å². The third kappa shape index (κ3) is 8.42. The van der Waals surface area contributed by atoms with E-state index in [0.717, 1.165) is 31.4 Å². The number of rotatable bonds is 9. The first-order valence-electron chi connectivity index (χ1n) is 11.5. The van der Waals surface area contributed by atoms with E-state index in [2.05, 4.69) is 16.0 Å². The van der Waals surface area contributed by atoms with E-state index in [0.29, 0.717) is 24.5 Å². The van der Waals surface area contributed by atoms with Crippen molar-refractivity contribution in [2.75, 3.05) is 25.0 Å². The summed E-state index contributed by atoms with van der Waals surface area (Å²) in [7, 11) is 0. The van der Waals surface area contributed by atoms with Crippen LogP contribution in [-0.2, 0) is 9.53 Å². The predicted octanol–water partition coefficient (Wildman–Crippen LogP) is 5.09. The summed E-state index contributed by atoms with van der Waals surface area (Å²) in [4.78, 5) is 24.4. The summed E-state index contributed by atoms with van der Waals surface area (Å²) < 4.78 is 11.1. The fourth-order valence-electron chi connectivity index (χ4n) is 3.99. The van der Waals surface area contributed by atoms with Gasteiger partial charge in [0, 0.05) is 24.2 Å². The van der Waals surface area contributed by atoms with Gasteiger partial charge in [-0.1, -0.05) is 31.0 Å². The number of benzene rings is 2. The maximum atomic E-state index is 12.4.